The fourth-order valence-electron chi connectivity index (χ4n) is 2.84. The summed E-state index contributed by atoms with van der Waals surface area (Å²) in [5, 5.41) is 3.97. The third-order valence-electron chi connectivity index (χ3n) is 4.54. The van der Waals surface area contributed by atoms with Gasteiger partial charge in [0, 0.05) is 4.47 Å². The maximum atomic E-state index is 12.7. The molecule has 1 N–H and O–H groups in total. The predicted octanol–water partition coefficient (Wildman–Crippen LogP) is 5.07. The van der Waals surface area contributed by atoms with Crippen LogP contribution in [0.3, 0.4) is 0 Å². The number of nitrogens with one attached hydrogen (secondary N) is 1. The minimum atomic E-state index is -4.08. The van der Waals surface area contributed by atoms with E-state index in [9.17, 15) is 13.2 Å². The summed E-state index contributed by atoms with van der Waals surface area (Å²) in [5.41, 5.74) is 4.18. The molecular formula is C23H20Br2N2O6S. The van der Waals surface area contributed by atoms with Crippen molar-refractivity contribution in [3.63, 3.8) is 0 Å². The summed E-state index contributed by atoms with van der Waals surface area (Å²) in [5.74, 6) is 0.0795. The molecule has 0 saturated heterocycles. The van der Waals surface area contributed by atoms with Gasteiger partial charge in [-0.1, -0.05) is 33.6 Å². The predicted molar refractivity (Wildman–Crippen MR) is 135 cm³/mol. The molecule has 0 aliphatic rings. The smallest absolute Gasteiger partial charge is 0.339 e. The van der Waals surface area contributed by atoms with Gasteiger partial charge in [0.15, 0.2) is 11.5 Å². The second-order valence-electron chi connectivity index (χ2n) is 6.93. The number of benzene rings is 3. The third-order valence-corrected chi connectivity index (χ3v) is 6.86. The molecule has 0 fully saturated rings. The molecule has 0 saturated carbocycles. The molecule has 0 spiro atoms. The first-order chi connectivity index (χ1) is 16.1. The molecule has 0 aliphatic carbocycles. The summed E-state index contributed by atoms with van der Waals surface area (Å²) in [6.45, 7) is 1.86. The summed E-state index contributed by atoms with van der Waals surface area (Å²) < 4.78 is 42.3. The molecule has 3 aromatic carbocycles. The average molecular weight is 612 g/mol. The second kappa shape index (κ2) is 11.0. The molecule has 34 heavy (non-hydrogen) atoms. The molecule has 178 valence electrons. The van der Waals surface area contributed by atoms with Gasteiger partial charge in [-0.05, 0) is 70.9 Å². The number of carbonyl (C=O) groups excluding carboxylic acids is 1. The van der Waals surface area contributed by atoms with Crippen molar-refractivity contribution in [2.24, 2.45) is 5.10 Å². The highest BCUT2D eigenvalue weighted by atomic mass is 79.9. The summed E-state index contributed by atoms with van der Waals surface area (Å²) in [4.78, 5) is 12.5. The molecule has 8 nitrogen and oxygen atoms in total. The van der Waals surface area contributed by atoms with Crippen molar-refractivity contribution in [3.8, 4) is 17.2 Å². The molecule has 1 amide bonds. The van der Waals surface area contributed by atoms with E-state index >= 15 is 0 Å². The quantitative estimate of drug-likeness (QED) is 0.217. The summed E-state index contributed by atoms with van der Waals surface area (Å²) in [6.07, 6.45) is 1.38. The first-order valence-corrected chi connectivity index (χ1v) is 12.7. The summed E-state index contributed by atoms with van der Waals surface area (Å²) in [6, 6.07) is 14.4. The van der Waals surface area contributed by atoms with Crippen LogP contribution >= 0.6 is 31.9 Å². The molecule has 11 heteroatoms. The van der Waals surface area contributed by atoms with Gasteiger partial charge < -0.3 is 13.7 Å². The van der Waals surface area contributed by atoms with Crippen LogP contribution in [0.2, 0.25) is 0 Å². The van der Waals surface area contributed by atoms with Crippen LogP contribution in [0.4, 0.5) is 0 Å². The lowest BCUT2D eigenvalue weighted by molar-refractivity contribution is 0.0952. The average Bonchev–Trinajstić information content (AvgIpc) is 2.80. The number of nitrogens with zero attached hydrogens (tertiary/aromatic N) is 1. The number of carbonyl (C=O) groups is 1. The molecule has 0 aromatic heterocycles. The highest BCUT2D eigenvalue weighted by Crippen LogP contribution is 2.38. The number of hydrazone groups is 1. The van der Waals surface area contributed by atoms with Crippen molar-refractivity contribution < 1.29 is 26.9 Å². The molecule has 0 bridgehead atoms. The number of rotatable bonds is 8. The minimum Gasteiger partial charge on any atom is -0.496 e. The van der Waals surface area contributed by atoms with Gasteiger partial charge in [0.2, 0.25) is 0 Å². The Morgan fingerprint density at radius 1 is 0.971 bits per heavy atom. The van der Waals surface area contributed by atoms with E-state index < -0.39 is 16.0 Å². The van der Waals surface area contributed by atoms with Gasteiger partial charge in [0.05, 0.1) is 30.5 Å². The zero-order valence-corrected chi connectivity index (χ0v) is 22.3. The van der Waals surface area contributed by atoms with Crippen LogP contribution in [0.1, 0.15) is 21.5 Å². The largest absolute Gasteiger partial charge is 0.496 e. The van der Waals surface area contributed by atoms with Crippen LogP contribution in [0.25, 0.3) is 0 Å². The van der Waals surface area contributed by atoms with Gasteiger partial charge in [-0.2, -0.15) is 13.5 Å². The zero-order valence-electron chi connectivity index (χ0n) is 18.3. The Morgan fingerprint density at radius 3 is 2.29 bits per heavy atom. The van der Waals surface area contributed by atoms with E-state index in [0.717, 1.165) is 5.56 Å². The molecule has 0 atom stereocenters. The lowest BCUT2D eigenvalue weighted by atomic mass is 10.2. The number of amides is 1. The Hall–Kier alpha value is -2.89. The van der Waals surface area contributed by atoms with Crippen molar-refractivity contribution in [1.29, 1.82) is 0 Å². The van der Waals surface area contributed by atoms with E-state index in [1.54, 1.807) is 36.4 Å². The molecule has 3 aromatic rings. The number of hydrogen-bond acceptors (Lipinski definition) is 7. The Morgan fingerprint density at radius 2 is 1.65 bits per heavy atom. The van der Waals surface area contributed by atoms with Crippen LogP contribution in [-0.2, 0) is 10.1 Å². The Labute approximate surface area is 214 Å². The van der Waals surface area contributed by atoms with Crippen LogP contribution in [0, 0.1) is 6.92 Å². The lowest BCUT2D eigenvalue weighted by Gasteiger charge is -2.13. The first-order valence-electron chi connectivity index (χ1n) is 9.70. The Balaban J connectivity index is 1.81. The molecule has 0 unspecified atom stereocenters. The fourth-order valence-corrected chi connectivity index (χ4v) is 4.81. The van der Waals surface area contributed by atoms with Gasteiger partial charge in [0.25, 0.3) is 5.91 Å². The van der Waals surface area contributed by atoms with Gasteiger partial charge >= 0.3 is 10.1 Å². The van der Waals surface area contributed by atoms with E-state index in [-0.39, 0.29) is 16.4 Å². The Kier molecular flexibility index (Phi) is 8.34. The number of hydrogen-bond donors (Lipinski definition) is 1. The highest BCUT2D eigenvalue weighted by molar-refractivity contribution is 9.10. The van der Waals surface area contributed by atoms with Crippen molar-refractivity contribution >= 4 is 54.1 Å². The topological polar surface area (TPSA) is 103 Å². The Bertz CT molecular complexity index is 1340. The SMILES string of the molecule is COc1ccc(Br)cc1C(=O)N/N=C\c1cc(Br)c(OS(=O)(=O)c2ccc(C)cc2)c(OC)c1. The van der Waals surface area contributed by atoms with E-state index in [1.807, 2.05) is 6.92 Å². The second-order valence-corrected chi connectivity index (χ2v) is 10.2. The first kappa shape index (κ1) is 25.7. The van der Waals surface area contributed by atoms with Crippen LogP contribution < -0.4 is 19.1 Å². The highest BCUT2D eigenvalue weighted by Gasteiger charge is 2.22. The van der Waals surface area contributed by atoms with Crippen LogP contribution in [-0.4, -0.2) is 34.8 Å². The van der Waals surface area contributed by atoms with Gasteiger partial charge in [-0.3, -0.25) is 4.79 Å². The van der Waals surface area contributed by atoms with Crippen molar-refractivity contribution in [1.82, 2.24) is 5.43 Å². The molecule has 0 radical (unpaired) electrons. The van der Waals surface area contributed by atoms with Gasteiger partial charge in [-0.15, -0.1) is 0 Å². The molecule has 0 aliphatic heterocycles. The van der Waals surface area contributed by atoms with Crippen molar-refractivity contribution in [3.05, 3.63) is 80.2 Å². The zero-order chi connectivity index (χ0) is 24.9. The molecule has 0 heterocycles. The monoisotopic (exact) mass is 610 g/mol. The van der Waals surface area contributed by atoms with Crippen LogP contribution in [0.5, 0.6) is 17.2 Å². The summed E-state index contributed by atoms with van der Waals surface area (Å²) in [7, 11) is -1.23. The minimum absolute atomic E-state index is 0.0110. The maximum absolute atomic E-state index is 12.7. The number of methoxy groups -OCH3 is 2. The number of ether oxygens (including phenoxy) is 2. The summed E-state index contributed by atoms with van der Waals surface area (Å²) >= 11 is 6.64. The normalized spacial score (nSPS) is 11.3. The van der Waals surface area contributed by atoms with Gasteiger partial charge in [-0.25, -0.2) is 5.43 Å². The maximum Gasteiger partial charge on any atom is 0.339 e. The van der Waals surface area contributed by atoms with Crippen LogP contribution in [0.15, 0.2) is 73.5 Å². The van der Waals surface area contributed by atoms with Crippen molar-refractivity contribution in [2.75, 3.05) is 14.2 Å². The molecule has 3 rings (SSSR count). The van der Waals surface area contributed by atoms with Gasteiger partial charge in [0.1, 0.15) is 10.6 Å². The standard InChI is InChI=1S/C23H20Br2N2O6S/c1-14-4-7-17(8-5-14)34(29,30)33-22-19(25)10-15(11-21(22)32-3)13-26-27-23(28)18-12-16(24)6-9-20(18)31-2/h4-13H,1-3H3,(H,27,28)/b26-13-. The van der Waals surface area contributed by atoms with Crippen molar-refractivity contribution in [2.45, 2.75) is 11.8 Å². The van der Waals surface area contributed by atoms with E-state index in [1.165, 1.54) is 38.6 Å². The molecular weight excluding hydrogens is 592 g/mol. The fraction of sp³-hybridized carbons (Fsp3) is 0.130. The lowest BCUT2D eigenvalue weighted by Crippen LogP contribution is -2.18. The number of halogens is 2. The van der Waals surface area contributed by atoms with E-state index in [4.69, 9.17) is 13.7 Å². The van der Waals surface area contributed by atoms with E-state index in [2.05, 4.69) is 42.4 Å². The van der Waals surface area contributed by atoms with E-state index in [0.29, 0.717) is 25.8 Å². The third kappa shape index (κ3) is 6.16. The number of aryl methyl sites for hydroxylation is 1.